The molecule has 5 heteroatoms. The smallest absolute Gasteiger partial charge is 0.193 e. The van der Waals surface area contributed by atoms with Crippen LogP contribution in [0.15, 0.2) is 34.7 Å². The topological polar surface area (TPSA) is 34.4 Å². The fraction of sp³-hybridized carbons (Fsp3) is 0.286. The summed E-state index contributed by atoms with van der Waals surface area (Å²) >= 11 is 5.80. The van der Waals surface area contributed by atoms with Crippen LogP contribution in [0.1, 0.15) is 24.3 Å². The van der Waals surface area contributed by atoms with Crippen molar-refractivity contribution in [3.05, 3.63) is 52.7 Å². The molecule has 3 nitrogen and oxygen atoms in total. The molecule has 0 bridgehead atoms. The number of rotatable bonds is 5. The number of hydrogen-bond donors (Lipinski definition) is 1. The molecule has 1 aromatic carbocycles. The summed E-state index contributed by atoms with van der Waals surface area (Å²) in [6, 6.07) is 7.51. The van der Waals surface area contributed by atoms with Crippen molar-refractivity contribution in [2.45, 2.75) is 13.0 Å². The van der Waals surface area contributed by atoms with Crippen molar-refractivity contribution >= 4 is 11.6 Å². The average molecular weight is 284 g/mol. The summed E-state index contributed by atoms with van der Waals surface area (Å²) in [5.74, 6) is 0.895. The molecule has 1 unspecified atom stereocenters. The van der Waals surface area contributed by atoms with Crippen molar-refractivity contribution < 1.29 is 13.5 Å². The number of furan rings is 1. The Labute approximate surface area is 116 Å². The molecule has 1 heterocycles. The predicted octanol–water partition coefficient (Wildman–Crippen LogP) is 3.78. The minimum Gasteiger partial charge on any atom is -0.496 e. The highest BCUT2D eigenvalue weighted by atomic mass is 35.5. The van der Waals surface area contributed by atoms with Crippen LogP contribution in [-0.2, 0) is 0 Å². The van der Waals surface area contributed by atoms with Crippen LogP contribution in [0.5, 0.6) is 5.75 Å². The third kappa shape index (κ3) is 3.08. The Hall–Kier alpha value is -1.52. The molecule has 0 spiro atoms. The normalized spacial score (nSPS) is 12.4. The molecule has 0 saturated carbocycles. The number of halogens is 2. The van der Waals surface area contributed by atoms with E-state index in [1.165, 1.54) is 12.1 Å². The Morgan fingerprint density at radius 3 is 2.74 bits per heavy atom. The van der Waals surface area contributed by atoms with E-state index in [-0.39, 0.29) is 11.9 Å². The molecule has 0 fully saturated rings. The van der Waals surface area contributed by atoms with E-state index in [0.717, 1.165) is 0 Å². The van der Waals surface area contributed by atoms with Crippen LogP contribution in [0, 0.1) is 5.82 Å². The number of benzene rings is 1. The summed E-state index contributed by atoms with van der Waals surface area (Å²) in [4.78, 5) is 0. The van der Waals surface area contributed by atoms with Crippen molar-refractivity contribution in [2.24, 2.45) is 0 Å². The van der Waals surface area contributed by atoms with Crippen molar-refractivity contribution in [2.75, 3.05) is 13.7 Å². The van der Waals surface area contributed by atoms with Gasteiger partial charge >= 0.3 is 0 Å². The monoisotopic (exact) mass is 283 g/mol. The van der Waals surface area contributed by atoms with E-state index in [9.17, 15) is 4.39 Å². The molecule has 1 atom stereocenters. The van der Waals surface area contributed by atoms with Crippen molar-refractivity contribution in [1.82, 2.24) is 5.32 Å². The lowest BCUT2D eigenvalue weighted by atomic mass is 10.0. The fourth-order valence-electron chi connectivity index (χ4n) is 1.98. The second-order valence-electron chi connectivity index (χ2n) is 4.02. The average Bonchev–Trinajstić information content (AvgIpc) is 2.82. The number of nitrogens with one attached hydrogen (secondary N) is 1. The minimum atomic E-state index is -0.323. The molecule has 1 N–H and O–H groups in total. The summed E-state index contributed by atoms with van der Waals surface area (Å²) in [5.41, 5.74) is 0.676. The molecule has 2 aromatic rings. The largest absolute Gasteiger partial charge is 0.496 e. The van der Waals surface area contributed by atoms with Crippen LogP contribution < -0.4 is 10.1 Å². The Bertz CT molecular complexity index is 556. The van der Waals surface area contributed by atoms with Gasteiger partial charge in [-0.25, -0.2) is 4.39 Å². The van der Waals surface area contributed by atoms with Gasteiger partial charge in [0.05, 0.1) is 13.2 Å². The molecule has 0 saturated heterocycles. The first-order valence-electron chi connectivity index (χ1n) is 5.97. The Balaban J connectivity index is 2.46. The van der Waals surface area contributed by atoms with E-state index >= 15 is 0 Å². The van der Waals surface area contributed by atoms with E-state index in [1.54, 1.807) is 25.3 Å². The van der Waals surface area contributed by atoms with E-state index < -0.39 is 0 Å². The van der Waals surface area contributed by atoms with Crippen LogP contribution in [0.2, 0.25) is 5.22 Å². The molecule has 102 valence electrons. The van der Waals surface area contributed by atoms with Crippen LogP contribution in [0.4, 0.5) is 4.39 Å². The molecule has 0 amide bonds. The second-order valence-corrected chi connectivity index (χ2v) is 4.39. The van der Waals surface area contributed by atoms with Gasteiger partial charge in [0, 0.05) is 5.56 Å². The van der Waals surface area contributed by atoms with E-state index in [4.69, 9.17) is 20.8 Å². The molecule has 0 aliphatic heterocycles. The molecule has 0 aliphatic carbocycles. The van der Waals surface area contributed by atoms with Crippen LogP contribution >= 0.6 is 11.6 Å². The highest BCUT2D eigenvalue weighted by molar-refractivity contribution is 6.28. The van der Waals surface area contributed by atoms with Crippen molar-refractivity contribution in [1.29, 1.82) is 0 Å². The van der Waals surface area contributed by atoms with Gasteiger partial charge in [-0.15, -0.1) is 0 Å². The standard InChI is InChI=1S/C14H15ClFNO2/c1-3-17-14(12-6-7-13(15)19-12)10-8-9(16)4-5-11(10)18-2/h4-8,14,17H,3H2,1-2H3. The van der Waals surface area contributed by atoms with Crippen LogP contribution in [0.25, 0.3) is 0 Å². The molecule has 2 rings (SSSR count). The zero-order valence-corrected chi connectivity index (χ0v) is 11.5. The van der Waals surface area contributed by atoms with E-state index in [0.29, 0.717) is 28.8 Å². The first kappa shape index (κ1) is 13.9. The molecular weight excluding hydrogens is 269 g/mol. The molecule has 19 heavy (non-hydrogen) atoms. The van der Waals surface area contributed by atoms with Gasteiger partial charge in [-0.1, -0.05) is 6.92 Å². The summed E-state index contributed by atoms with van der Waals surface area (Å²) in [6.07, 6.45) is 0. The van der Waals surface area contributed by atoms with Gasteiger partial charge in [0.2, 0.25) is 0 Å². The van der Waals surface area contributed by atoms with Crippen LogP contribution in [-0.4, -0.2) is 13.7 Å². The maximum Gasteiger partial charge on any atom is 0.193 e. The summed E-state index contributed by atoms with van der Waals surface area (Å²) in [7, 11) is 1.55. The highest BCUT2D eigenvalue weighted by Gasteiger charge is 2.21. The number of ether oxygens (including phenoxy) is 1. The van der Waals surface area contributed by atoms with Crippen LogP contribution in [0.3, 0.4) is 0 Å². The summed E-state index contributed by atoms with van der Waals surface area (Å²) in [5, 5.41) is 3.53. The van der Waals surface area contributed by atoms with Gasteiger partial charge in [0.15, 0.2) is 5.22 Å². The van der Waals surface area contributed by atoms with E-state index in [1.807, 2.05) is 6.92 Å². The second kappa shape index (κ2) is 6.08. The quantitative estimate of drug-likeness (QED) is 0.907. The fourth-order valence-corrected chi connectivity index (χ4v) is 2.13. The van der Waals surface area contributed by atoms with Gasteiger partial charge in [-0.05, 0) is 48.5 Å². The highest BCUT2D eigenvalue weighted by Crippen LogP contribution is 2.32. The maximum absolute atomic E-state index is 13.5. The van der Waals surface area contributed by atoms with Crippen molar-refractivity contribution in [3.8, 4) is 5.75 Å². The van der Waals surface area contributed by atoms with Gasteiger partial charge in [0.25, 0.3) is 0 Å². The Kier molecular flexibility index (Phi) is 4.45. The maximum atomic E-state index is 13.5. The Morgan fingerprint density at radius 2 is 2.16 bits per heavy atom. The minimum absolute atomic E-state index is 0.299. The zero-order valence-electron chi connectivity index (χ0n) is 10.7. The van der Waals surface area contributed by atoms with Gasteiger partial charge < -0.3 is 14.5 Å². The van der Waals surface area contributed by atoms with Crippen molar-refractivity contribution in [3.63, 3.8) is 0 Å². The lowest BCUT2D eigenvalue weighted by Gasteiger charge is -2.18. The first-order valence-corrected chi connectivity index (χ1v) is 6.35. The zero-order chi connectivity index (χ0) is 13.8. The number of methoxy groups -OCH3 is 1. The predicted molar refractivity (Wildman–Crippen MR) is 72.2 cm³/mol. The third-order valence-electron chi connectivity index (χ3n) is 2.79. The first-order chi connectivity index (χ1) is 9.15. The van der Waals surface area contributed by atoms with E-state index in [2.05, 4.69) is 5.32 Å². The number of hydrogen-bond acceptors (Lipinski definition) is 3. The molecule has 1 aromatic heterocycles. The molecular formula is C14H15ClFNO2. The Morgan fingerprint density at radius 1 is 1.37 bits per heavy atom. The lowest BCUT2D eigenvalue weighted by Crippen LogP contribution is -2.22. The van der Waals surface area contributed by atoms with Gasteiger partial charge in [-0.2, -0.15) is 0 Å². The van der Waals surface area contributed by atoms with Gasteiger partial charge in [-0.3, -0.25) is 0 Å². The third-order valence-corrected chi connectivity index (χ3v) is 2.99. The molecule has 0 radical (unpaired) electrons. The van der Waals surface area contributed by atoms with Gasteiger partial charge in [0.1, 0.15) is 17.3 Å². The SMILES string of the molecule is CCNC(c1ccc(Cl)o1)c1cc(F)ccc1OC. The molecule has 0 aliphatic rings. The summed E-state index contributed by atoms with van der Waals surface area (Å²) in [6.45, 7) is 2.66. The lowest BCUT2D eigenvalue weighted by molar-refractivity contribution is 0.392. The summed E-state index contributed by atoms with van der Waals surface area (Å²) < 4.78 is 24.2.